The van der Waals surface area contributed by atoms with Gasteiger partial charge in [0.1, 0.15) is 0 Å². The molecule has 7 nitrogen and oxygen atoms in total. The molecule has 32 heavy (non-hydrogen) atoms. The van der Waals surface area contributed by atoms with Crippen LogP contribution in [0.3, 0.4) is 0 Å². The van der Waals surface area contributed by atoms with Crippen molar-refractivity contribution in [1.82, 2.24) is 29.4 Å². The maximum atomic E-state index is 14.7. The molecule has 0 unspecified atom stereocenters. The highest BCUT2D eigenvalue weighted by Gasteiger charge is 2.19. The lowest BCUT2D eigenvalue weighted by molar-refractivity contribution is -0.0312. The standard InChI is InChI=1S/C23H19FN6OS/c1-29-10-18(9-26-29)17-7-20(24)22-27-28-23(30(22)11-17)32-19-2-3-21-16(6-19)5-14(8-25-21)4-15-12-31-13-15/h2-3,5-11,15H,4,12-13H2,1H3. The molecule has 5 aromatic rings. The van der Waals surface area contributed by atoms with Crippen molar-refractivity contribution in [3.8, 4) is 11.1 Å². The van der Waals surface area contributed by atoms with Gasteiger partial charge in [-0.15, -0.1) is 10.2 Å². The average Bonchev–Trinajstić information content (AvgIpc) is 3.37. The molecule has 6 rings (SSSR count). The highest BCUT2D eigenvalue weighted by Crippen LogP contribution is 2.31. The van der Waals surface area contributed by atoms with Crippen molar-refractivity contribution in [3.63, 3.8) is 0 Å². The van der Waals surface area contributed by atoms with Gasteiger partial charge in [-0.2, -0.15) is 5.10 Å². The Morgan fingerprint density at radius 1 is 1.09 bits per heavy atom. The predicted octanol–water partition coefficient (Wildman–Crippen LogP) is 4.16. The van der Waals surface area contributed by atoms with Gasteiger partial charge < -0.3 is 4.74 Å². The number of aromatic nitrogens is 6. The molecule has 0 saturated carbocycles. The number of rotatable bonds is 5. The first-order chi connectivity index (χ1) is 15.6. The summed E-state index contributed by atoms with van der Waals surface area (Å²) >= 11 is 1.45. The molecule has 0 bridgehead atoms. The Balaban J connectivity index is 1.34. The van der Waals surface area contributed by atoms with Crippen LogP contribution in [0.1, 0.15) is 5.56 Å². The van der Waals surface area contributed by atoms with E-state index >= 15 is 0 Å². The number of nitrogens with zero attached hydrogens (tertiary/aromatic N) is 6. The summed E-state index contributed by atoms with van der Waals surface area (Å²) in [6.07, 6.45) is 8.33. The fourth-order valence-corrected chi connectivity index (χ4v) is 4.75. The lowest BCUT2D eigenvalue weighted by atomic mass is 9.98. The van der Waals surface area contributed by atoms with Crippen LogP contribution >= 0.6 is 11.8 Å². The lowest BCUT2D eigenvalue weighted by Gasteiger charge is -2.25. The molecule has 0 aliphatic carbocycles. The number of hydrogen-bond acceptors (Lipinski definition) is 6. The smallest absolute Gasteiger partial charge is 0.200 e. The molecule has 5 heterocycles. The molecule has 1 aliphatic heterocycles. The van der Waals surface area contributed by atoms with Crippen molar-refractivity contribution in [3.05, 3.63) is 66.5 Å². The summed E-state index contributed by atoms with van der Waals surface area (Å²) in [6, 6.07) is 9.75. The van der Waals surface area contributed by atoms with E-state index in [4.69, 9.17) is 4.74 Å². The molecular formula is C23H19FN6OS. The molecule has 0 atom stereocenters. The maximum absolute atomic E-state index is 14.7. The molecule has 0 spiro atoms. The largest absolute Gasteiger partial charge is 0.381 e. The minimum atomic E-state index is -0.418. The maximum Gasteiger partial charge on any atom is 0.200 e. The predicted molar refractivity (Wildman–Crippen MR) is 119 cm³/mol. The van der Waals surface area contributed by atoms with E-state index in [-0.39, 0.29) is 5.65 Å². The average molecular weight is 447 g/mol. The second-order valence-electron chi connectivity index (χ2n) is 8.06. The van der Waals surface area contributed by atoms with Gasteiger partial charge >= 0.3 is 0 Å². The minimum Gasteiger partial charge on any atom is -0.381 e. The first kappa shape index (κ1) is 19.4. The van der Waals surface area contributed by atoms with Crippen LogP contribution in [0.15, 0.2) is 65.2 Å². The molecule has 9 heteroatoms. The highest BCUT2D eigenvalue weighted by atomic mass is 32.2. The van der Waals surface area contributed by atoms with Crippen LogP contribution in [-0.2, 0) is 18.2 Å². The number of aryl methyl sites for hydroxylation is 1. The van der Waals surface area contributed by atoms with Crippen LogP contribution in [0, 0.1) is 11.7 Å². The normalized spacial score (nSPS) is 14.3. The van der Waals surface area contributed by atoms with Gasteiger partial charge in [0.25, 0.3) is 0 Å². The van der Waals surface area contributed by atoms with Crippen LogP contribution in [0.5, 0.6) is 0 Å². The van der Waals surface area contributed by atoms with Crippen LogP contribution in [0.25, 0.3) is 27.7 Å². The van der Waals surface area contributed by atoms with E-state index in [1.807, 2.05) is 37.8 Å². The highest BCUT2D eigenvalue weighted by molar-refractivity contribution is 7.99. The van der Waals surface area contributed by atoms with E-state index in [0.29, 0.717) is 11.1 Å². The summed E-state index contributed by atoms with van der Waals surface area (Å²) in [6.45, 7) is 1.65. The zero-order valence-corrected chi connectivity index (χ0v) is 18.1. The Labute approximate surface area is 187 Å². The summed E-state index contributed by atoms with van der Waals surface area (Å²) in [5, 5.41) is 14.1. The second kappa shape index (κ2) is 7.68. The van der Waals surface area contributed by atoms with Crippen molar-refractivity contribution in [2.24, 2.45) is 13.0 Å². The van der Waals surface area contributed by atoms with E-state index in [9.17, 15) is 4.39 Å². The quantitative estimate of drug-likeness (QED) is 0.404. The van der Waals surface area contributed by atoms with E-state index in [2.05, 4.69) is 32.4 Å². The fourth-order valence-electron chi connectivity index (χ4n) is 3.90. The number of hydrogen-bond donors (Lipinski definition) is 0. The Bertz CT molecular complexity index is 1460. The van der Waals surface area contributed by atoms with E-state index in [1.165, 1.54) is 23.4 Å². The molecule has 1 saturated heterocycles. The third kappa shape index (κ3) is 3.53. The monoisotopic (exact) mass is 446 g/mol. The summed E-state index contributed by atoms with van der Waals surface area (Å²) in [5.41, 5.74) is 3.91. The number of fused-ring (bicyclic) bond motifs is 2. The van der Waals surface area contributed by atoms with Gasteiger partial charge in [-0.3, -0.25) is 14.1 Å². The topological polar surface area (TPSA) is 70.1 Å². The third-order valence-electron chi connectivity index (χ3n) is 5.62. The molecule has 160 valence electrons. The molecule has 0 radical (unpaired) electrons. The van der Waals surface area contributed by atoms with Gasteiger partial charge in [0.2, 0.25) is 5.16 Å². The molecule has 0 N–H and O–H groups in total. The molecule has 0 amide bonds. The molecule has 1 fully saturated rings. The SMILES string of the molecule is Cn1cc(-c2cc(F)c3nnc(Sc4ccc5ncc(CC6COC6)cc5c4)n3c2)cn1. The van der Waals surface area contributed by atoms with Crippen molar-refractivity contribution in [1.29, 1.82) is 0 Å². The van der Waals surface area contributed by atoms with Gasteiger partial charge in [-0.1, -0.05) is 0 Å². The Morgan fingerprint density at radius 2 is 2.00 bits per heavy atom. The molecular weight excluding hydrogens is 427 g/mol. The third-order valence-corrected chi connectivity index (χ3v) is 6.57. The molecule has 4 aromatic heterocycles. The summed E-state index contributed by atoms with van der Waals surface area (Å²) in [7, 11) is 1.83. The minimum absolute atomic E-state index is 0.201. The Hall–Kier alpha value is -3.30. The van der Waals surface area contributed by atoms with Crippen LogP contribution in [-0.4, -0.2) is 42.6 Å². The summed E-state index contributed by atoms with van der Waals surface area (Å²) in [5.74, 6) is 0.163. The van der Waals surface area contributed by atoms with Gasteiger partial charge in [0, 0.05) is 53.0 Å². The zero-order chi connectivity index (χ0) is 21.7. The fraction of sp³-hybridized carbons (Fsp3) is 0.217. The molecule has 1 aromatic carbocycles. The van der Waals surface area contributed by atoms with E-state index in [1.54, 1.807) is 15.3 Å². The van der Waals surface area contributed by atoms with Crippen molar-refractivity contribution in [2.45, 2.75) is 16.5 Å². The number of benzene rings is 1. The molecule has 1 aliphatic rings. The number of ether oxygens (including phenoxy) is 1. The Morgan fingerprint density at radius 3 is 2.78 bits per heavy atom. The van der Waals surface area contributed by atoms with E-state index in [0.717, 1.165) is 46.6 Å². The van der Waals surface area contributed by atoms with E-state index < -0.39 is 5.82 Å². The second-order valence-corrected chi connectivity index (χ2v) is 9.10. The first-order valence-electron chi connectivity index (χ1n) is 10.3. The summed E-state index contributed by atoms with van der Waals surface area (Å²) < 4.78 is 23.4. The van der Waals surface area contributed by atoms with Crippen molar-refractivity contribution >= 4 is 28.3 Å². The Kier molecular flexibility index (Phi) is 4.65. The first-order valence-corrected chi connectivity index (χ1v) is 11.1. The number of pyridine rings is 2. The van der Waals surface area contributed by atoms with Gasteiger partial charge in [0.15, 0.2) is 11.5 Å². The van der Waals surface area contributed by atoms with Gasteiger partial charge in [-0.05, 0) is 54.1 Å². The van der Waals surface area contributed by atoms with Gasteiger partial charge in [0.05, 0.1) is 24.9 Å². The van der Waals surface area contributed by atoms with Crippen LogP contribution in [0.2, 0.25) is 0 Å². The van der Waals surface area contributed by atoms with Crippen molar-refractivity contribution in [2.75, 3.05) is 13.2 Å². The van der Waals surface area contributed by atoms with Crippen LogP contribution < -0.4 is 0 Å². The number of halogens is 1. The summed E-state index contributed by atoms with van der Waals surface area (Å²) in [4.78, 5) is 5.59. The van der Waals surface area contributed by atoms with Crippen LogP contribution in [0.4, 0.5) is 4.39 Å². The zero-order valence-electron chi connectivity index (χ0n) is 17.3. The van der Waals surface area contributed by atoms with Gasteiger partial charge in [-0.25, -0.2) is 4.39 Å². The van der Waals surface area contributed by atoms with Crippen molar-refractivity contribution < 1.29 is 9.13 Å². The lowest BCUT2D eigenvalue weighted by Crippen LogP contribution is -2.29.